The Morgan fingerprint density at radius 3 is 1.96 bits per heavy atom. The summed E-state index contributed by atoms with van der Waals surface area (Å²) in [6.07, 6.45) is 11.5. The summed E-state index contributed by atoms with van der Waals surface area (Å²) < 4.78 is 5.45. The highest BCUT2D eigenvalue weighted by Crippen LogP contribution is 2.26. The van der Waals surface area contributed by atoms with E-state index >= 15 is 0 Å². The molecular weight excluding hydrogens is 594 g/mol. The van der Waals surface area contributed by atoms with E-state index in [-0.39, 0.29) is 18.0 Å². The van der Waals surface area contributed by atoms with E-state index in [4.69, 9.17) is 4.74 Å². The smallest absolute Gasteiger partial charge is 0.337 e. The highest BCUT2D eigenvalue weighted by molar-refractivity contribution is 5.95. The van der Waals surface area contributed by atoms with Crippen LogP contribution in [0.2, 0.25) is 0 Å². The molecule has 0 radical (unpaired) electrons. The number of aliphatic hydroxyl groups is 1. The topological polar surface area (TPSA) is 188 Å². The number of esters is 1. The number of carboxylic acid groups (broad SMARTS) is 2. The van der Waals surface area contributed by atoms with Gasteiger partial charge in [0.05, 0.1) is 12.3 Å². The van der Waals surface area contributed by atoms with E-state index in [0.717, 1.165) is 44.9 Å². The fourth-order valence-electron chi connectivity index (χ4n) is 4.93. The van der Waals surface area contributed by atoms with Crippen LogP contribution in [0, 0.1) is 5.92 Å². The van der Waals surface area contributed by atoms with Gasteiger partial charge in [-0.15, -0.1) is 0 Å². The fraction of sp³-hybridized carbons (Fsp3) is 0.629. The molecule has 11 heteroatoms. The molecule has 0 saturated heterocycles. The maximum atomic E-state index is 13.5. The van der Waals surface area contributed by atoms with Crippen molar-refractivity contribution in [1.82, 2.24) is 5.32 Å². The van der Waals surface area contributed by atoms with Crippen LogP contribution >= 0.6 is 0 Å². The highest BCUT2D eigenvalue weighted by Gasteiger charge is 2.49. The first-order valence-corrected chi connectivity index (χ1v) is 16.3. The molecule has 0 aromatic heterocycles. The second-order valence-corrected chi connectivity index (χ2v) is 12.8. The van der Waals surface area contributed by atoms with Crippen LogP contribution in [-0.4, -0.2) is 67.3 Å². The van der Waals surface area contributed by atoms with Gasteiger partial charge in [-0.05, 0) is 64.2 Å². The van der Waals surface area contributed by atoms with Gasteiger partial charge in [-0.1, -0.05) is 69.7 Å². The van der Waals surface area contributed by atoms with Crippen LogP contribution in [0.15, 0.2) is 36.4 Å². The number of carboxylic acids is 2. The van der Waals surface area contributed by atoms with Crippen molar-refractivity contribution >= 4 is 29.6 Å². The van der Waals surface area contributed by atoms with Crippen molar-refractivity contribution in [2.45, 2.75) is 135 Å². The van der Waals surface area contributed by atoms with Crippen molar-refractivity contribution in [3.8, 4) is 5.75 Å². The van der Waals surface area contributed by atoms with E-state index < -0.39 is 53.4 Å². The minimum absolute atomic E-state index is 0.00588. The Kier molecular flexibility index (Phi) is 17.9. The number of allylic oxidation sites excluding steroid dienone is 1. The number of phenolic OH excluding ortho intramolecular Hbond substituents is 1. The van der Waals surface area contributed by atoms with Gasteiger partial charge in [-0.25, -0.2) is 9.59 Å². The lowest BCUT2D eigenvalue weighted by molar-refractivity contribution is -0.172. The number of ether oxygens (including phenoxy) is 1. The number of aliphatic carboxylic acids is 2. The summed E-state index contributed by atoms with van der Waals surface area (Å²) in [7, 11) is 0. The molecule has 1 aromatic carbocycles. The van der Waals surface area contributed by atoms with E-state index in [2.05, 4.69) is 12.2 Å². The molecule has 0 bridgehead atoms. The summed E-state index contributed by atoms with van der Waals surface area (Å²) in [5.41, 5.74) is -3.37. The zero-order valence-electron chi connectivity index (χ0n) is 27.8. The minimum Gasteiger partial charge on any atom is -0.508 e. The van der Waals surface area contributed by atoms with Crippen LogP contribution in [0.5, 0.6) is 5.75 Å². The summed E-state index contributed by atoms with van der Waals surface area (Å²) in [5, 5.41) is 42.3. The minimum atomic E-state index is -3.00. The van der Waals surface area contributed by atoms with Gasteiger partial charge < -0.3 is 30.5 Å². The van der Waals surface area contributed by atoms with E-state index in [1.54, 1.807) is 32.9 Å². The summed E-state index contributed by atoms with van der Waals surface area (Å²) in [6, 6.07) is 4.57. The molecule has 46 heavy (non-hydrogen) atoms. The summed E-state index contributed by atoms with van der Waals surface area (Å²) in [5.74, 6) is -6.99. The standard InChI is InChI=1S/C35H53NO10/c1-5-6-7-10-13-16-26(37)17-14-11-8-9-12-15-18-28(35(45,33(43)44)24-30(39)40)31(41)36-29(32(42)46-34(2,3)4)23-25-19-21-27(38)22-20-25/h15,18-22,28-29,38,45H,5-14,16-17,23-24H2,1-4H3,(H,36,41)(H,39,40)(H,43,44)/b18-15+/t28-,29+,35+/m1/s1. The molecule has 0 unspecified atom stereocenters. The van der Waals surface area contributed by atoms with Crippen molar-refractivity contribution in [3.05, 3.63) is 42.0 Å². The van der Waals surface area contributed by atoms with Crippen LogP contribution in [0.25, 0.3) is 0 Å². The summed E-state index contributed by atoms with van der Waals surface area (Å²) in [4.78, 5) is 62.3. The van der Waals surface area contributed by atoms with Gasteiger partial charge in [0.15, 0.2) is 5.60 Å². The van der Waals surface area contributed by atoms with Crippen molar-refractivity contribution in [3.63, 3.8) is 0 Å². The Morgan fingerprint density at radius 1 is 0.870 bits per heavy atom. The van der Waals surface area contributed by atoms with Crippen molar-refractivity contribution < 1.29 is 49.1 Å². The molecule has 0 spiro atoms. The molecule has 1 aromatic rings. The molecule has 0 aliphatic rings. The first-order valence-electron chi connectivity index (χ1n) is 16.3. The number of carbonyl (C=O) groups excluding carboxylic acids is 3. The number of carbonyl (C=O) groups is 5. The molecule has 0 heterocycles. The molecule has 3 atom stereocenters. The first-order chi connectivity index (χ1) is 21.6. The number of amides is 1. The largest absolute Gasteiger partial charge is 0.508 e. The maximum absolute atomic E-state index is 13.5. The number of Topliss-reactive ketones (excluding diaryl/α,β-unsaturated/α-hetero) is 1. The Balaban J connectivity index is 2.96. The van der Waals surface area contributed by atoms with Crippen molar-refractivity contribution in [2.24, 2.45) is 5.92 Å². The summed E-state index contributed by atoms with van der Waals surface area (Å²) in [6.45, 7) is 7.06. The number of benzene rings is 1. The number of nitrogens with one attached hydrogen (secondary N) is 1. The molecule has 0 aliphatic heterocycles. The molecule has 258 valence electrons. The molecule has 1 rings (SSSR count). The lowest BCUT2D eigenvalue weighted by atomic mass is 9.82. The third-order valence-electron chi connectivity index (χ3n) is 7.44. The third kappa shape index (κ3) is 16.0. The SMILES string of the molecule is CCCCCCCC(=O)CCCCCC/C=C/[C@H](C(=O)N[C@@H](Cc1ccc(O)cc1)C(=O)OC(C)(C)C)[C@@](O)(CC(=O)O)C(=O)O. The lowest BCUT2D eigenvalue weighted by Gasteiger charge is -2.30. The van der Waals surface area contributed by atoms with Crippen LogP contribution < -0.4 is 5.32 Å². The number of phenols is 1. The first kappa shape index (κ1) is 40.3. The Labute approximate surface area is 272 Å². The van der Waals surface area contributed by atoms with Gasteiger partial charge in [0.25, 0.3) is 0 Å². The zero-order valence-corrected chi connectivity index (χ0v) is 27.8. The Morgan fingerprint density at radius 2 is 1.43 bits per heavy atom. The average Bonchev–Trinajstić information content (AvgIpc) is 2.95. The molecule has 0 saturated carbocycles. The fourth-order valence-corrected chi connectivity index (χ4v) is 4.93. The van der Waals surface area contributed by atoms with Crippen LogP contribution in [0.3, 0.4) is 0 Å². The quantitative estimate of drug-likeness (QED) is 0.0577. The number of ketones is 1. The van der Waals surface area contributed by atoms with E-state index in [0.29, 0.717) is 31.2 Å². The van der Waals surface area contributed by atoms with Crippen LogP contribution in [0.4, 0.5) is 0 Å². The lowest BCUT2D eigenvalue weighted by Crippen LogP contribution is -2.56. The molecule has 1 amide bonds. The van der Waals surface area contributed by atoms with Crippen molar-refractivity contribution in [1.29, 1.82) is 0 Å². The number of rotatable bonds is 23. The van der Waals surface area contributed by atoms with Gasteiger partial charge in [-0.3, -0.25) is 14.4 Å². The number of aromatic hydroxyl groups is 1. The number of unbranched alkanes of at least 4 members (excludes halogenated alkanes) is 8. The Bertz CT molecular complexity index is 1150. The van der Waals surface area contributed by atoms with Gasteiger partial charge in [-0.2, -0.15) is 0 Å². The average molecular weight is 648 g/mol. The predicted molar refractivity (Wildman–Crippen MR) is 173 cm³/mol. The normalized spacial score (nSPS) is 14.3. The van der Waals surface area contributed by atoms with Gasteiger partial charge in [0, 0.05) is 19.3 Å². The molecule has 0 fully saturated rings. The summed E-state index contributed by atoms with van der Waals surface area (Å²) >= 11 is 0. The van der Waals surface area contributed by atoms with Gasteiger partial charge in [0.2, 0.25) is 5.91 Å². The second-order valence-electron chi connectivity index (χ2n) is 12.8. The molecular formula is C35H53NO10. The van der Waals surface area contributed by atoms with Crippen molar-refractivity contribution in [2.75, 3.05) is 0 Å². The molecule has 5 N–H and O–H groups in total. The Hall–Kier alpha value is -3.73. The second kappa shape index (κ2) is 20.4. The molecule has 0 aliphatic carbocycles. The van der Waals surface area contributed by atoms with E-state index in [1.165, 1.54) is 30.7 Å². The van der Waals surface area contributed by atoms with Gasteiger partial charge >= 0.3 is 17.9 Å². The predicted octanol–water partition coefficient (Wildman–Crippen LogP) is 5.49. The maximum Gasteiger partial charge on any atom is 0.337 e. The van der Waals surface area contributed by atoms with Gasteiger partial charge in [0.1, 0.15) is 23.2 Å². The van der Waals surface area contributed by atoms with Crippen LogP contribution in [-0.2, 0) is 35.1 Å². The number of hydrogen-bond donors (Lipinski definition) is 5. The highest BCUT2D eigenvalue weighted by atomic mass is 16.6. The zero-order chi connectivity index (χ0) is 34.8. The third-order valence-corrected chi connectivity index (χ3v) is 7.44. The number of hydrogen-bond acceptors (Lipinski definition) is 8. The molecule has 11 nitrogen and oxygen atoms in total. The van der Waals surface area contributed by atoms with Crippen LogP contribution in [0.1, 0.15) is 117 Å². The van der Waals surface area contributed by atoms with E-state index in [9.17, 15) is 44.4 Å². The van der Waals surface area contributed by atoms with E-state index in [1.807, 2.05) is 0 Å². The monoisotopic (exact) mass is 647 g/mol.